The van der Waals surface area contributed by atoms with Crippen LogP contribution in [0, 0.1) is 5.92 Å². The summed E-state index contributed by atoms with van der Waals surface area (Å²) in [6.45, 7) is 1.80. The van der Waals surface area contributed by atoms with Crippen molar-refractivity contribution in [2.75, 3.05) is 25.9 Å². The van der Waals surface area contributed by atoms with Crippen LogP contribution >= 0.6 is 0 Å². The van der Waals surface area contributed by atoms with E-state index in [4.69, 9.17) is 10.5 Å². The zero-order valence-electron chi connectivity index (χ0n) is 8.42. The first kappa shape index (κ1) is 9.34. The third-order valence-electron chi connectivity index (χ3n) is 2.56. The molecule has 1 aromatic carbocycles. The van der Waals surface area contributed by atoms with Crippen LogP contribution in [0.3, 0.4) is 0 Å². The normalized spacial score (nSPS) is 19.9. The van der Waals surface area contributed by atoms with Crippen LogP contribution in [0.15, 0.2) is 18.2 Å². The van der Waals surface area contributed by atoms with Crippen LogP contribution < -0.4 is 15.8 Å². The topological polar surface area (TPSA) is 47.3 Å². The van der Waals surface area contributed by atoms with E-state index in [0.29, 0.717) is 5.92 Å². The lowest BCUT2D eigenvalue weighted by atomic mass is 9.96. The van der Waals surface area contributed by atoms with Crippen LogP contribution in [0.5, 0.6) is 5.75 Å². The molecule has 0 spiro atoms. The summed E-state index contributed by atoms with van der Waals surface area (Å²) in [5.74, 6) is 1.56. The summed E-state index contributed by atoms with van der Waals surface area (Å²) < 4.78 is 5.65. The van der Waals surface area contributed by atoms with Gasteiger partial charge in [-0.1, -0.05) is 0 Å². The number of hydrogen-bond donors (Lipinski definition) is 2. The monoisotopic (exact) mass is 192 g/mol. The number of benzene rings is 1. The molecule has 3 heteroatoms. The Hall–Kier alpha value is -1.22. The minimum atomic E-state index is 0.564. The van der Waals surface area contributed by atoms with Gasteiger partial charge in [0.2, 0.25) is 0 Å². The first-order valence-corrected chi connectivity index (χ1v) is 4.95. The Kier molecular flexibility index (Phi) is 2.59. The zero-order chi connectivity index (χ0) is 9.97. The molecular weight excluding hydrogens is 176 g/mol. The molecule has 3 N–H and O–H groups in total. The van der Waals surface area contributed by atoms with Gasteiger partial charge in [0.15, 0.2) is 0 Å². The number of ether oxygens (including phenoxy) is 1. The Labute approximate surface area is 84.3 Å². The predicted molar refractivity (Wildman–Crippen MR) is 57.5 cm³/mol. The van der Waals surface area contributed by atoms with Crippen molar-refractivity contribution >= 4 is 5.69 Å². The Morgan fingerprint density at radius 3 is 3.21 bits per heavy atom. The molecule has 1 aliphatic rings. The van der Waals surface area contributed by atoms with E-state index >= 15 is 0 Å². The summed E-state index contributed by atoms with van der Waals surface area (Å²) >= 11 is 0. The van der Waals surface area contributed by atoms with Gasteiger partial charge in [0.25, 0.3) is 0 Å². The SMILES string of the molecule is CNCC1COc2ccc(N)cc2C1. The summed E-state index contributed by atoms with van der Waals surface area (Å²) in [6.07, 6.45) is 1.06. The number of nitrogens with one attached hydrogen (secondary N) is 1. The Morgan fingerprint density at radius 1 is 1.57 bits per heavy atom. The van der Waals surface area contributed by atoms with Gasteiger partial charge in [-0.2, -0.15) is 0 Å². The van der Waals surface area contributed by atoms with E-state index in [1.54, 1.807) is 0 Å². The van der Waals surface area contributed by atoms with Crippen molar-refractivity contribution in [1.82, 2.24) is 5.32 Å². The fourth-order valence-electron chi connectivity index (χ4n) is 1.90. The van der Waals surface area contributed by atoms with E-state index in [9.17, 15) is 0 Å². The molecule has 1 heterocycles. The molecule has 1 aromatic rings. The number of fused-ring (bicyclic) bond motifs is 1. The number of hydrogen-bond acceptors (Lipinski definition) is 3. The van der Waals surface area contributed by atoms with Crippen LogP contribution in [0.2, 0.25) is 0 Å². The van der Waals surface area contributed by atoms with Crippen molar-refractivity contribution in [2.24, 2.45) is 5.92 Å². The summed E-state index contributed by atoms with van der Waals surface area (Å²) in [7, 11) is 1.97. The van der Waals surface area contributed by atoms with Crippen LogP contribution in [0.25, 0.3) is 0 Å². The molecule has 2 rings (SSSR count). The third kappa shape index (κ3) is 1.82. The quantitative estimate of drug-likeness (QED) is 0.688. The maximum absolute atomic E-state index is 5.73. The van der Waals surface area contributed by atoms with E-state index in [1.807, 2.05) is 25.2 Å². The largest absolute Gasteiger partial charge is 0.493 e. The lowest BCUT2D eigenvalue weighted by Crippen LogP contribution is -2.29. The Morgan fingerprint density at radius 2 is 2.43 bits per heavy atom. The molecule has 0 amide bonds. The maximum Gasteiger partial charge on any atom is 0.122 e. The number of anilines is 1. The molecule has 0 radical (unpaired) electrons. The second-order valence-electron chi connectivity index (χ2n) is 3.81. The molecule has 1 atom stereocenters. The van der Waals surface area contributed by atoms with Gasteiger partial charge >= 0.3 is 0 Å². The average Bonchev–Trinajstić information content (AvgIpc) is 2.17. The fraction of sp³-hybridized carbons (Fsp3) is 0.455. The van der Waals surface area contributed by atoms with E-state index in [0.717, 1.165) is 31.0 Å². The molecule has 0 saturated carbocycles. The van der Waals surface area contributed by atoms with Gasteiger partial charge in [0.1, 0.15) is 5.75 Å². The minimum Gasteiger partial charge on any atom is -0.493 e. The van der Waals surface area contributed by atoms with E-state index in [1.165, 1.54) is 5.56 Å². The number of rotatable bonds is 2. The molecule has 0 aromatic heterocycles. The van der Waals surface area contributed by atoms with Gasteiger partial charge in [0, 0.05) is 18.2 Å². The van der Waals surface area contributed by atoms with E-state index < -0.39 is 0 Å². The van der Waals surface area contributed by atoms with Crippen LogP contribution in [-0.4, -0.2) is 20.2 Å². The third-order valence-corrected chi connectivity index (χ3v) is 2.56. The Bertz CT molecular complexity index is 325. The summed E-state index contributed by atoms with van der Waals surface area (Å²) in [5, 5.41) is 3.17. The second kappa shape index (κ2) is 3.88. The number of nitrogen functional groups attached to an aromatic ring is 1. The van der Waals surface area contributed by atoms with Crippen molar-refractivity contribution in [3.05, 3.63) is 23.8 Å². The molecule has 1 unspecified atom stereocenters. The molecule has 0 saturated heterocycles. The summed E-state index contributed by atoms with van der Waals surface area (Å²) in [5.41, 5.74) is 7.78. The first-order chi connectivity index (χ1) is 6.79. The van der Waals surface area contributed by atoms with Gasteiger partial charge in [-0.15, -0.1) is 0 Å². The molecule has 1 aliphatic heterocycles. The van der Waals surface area contributed by atoms with Crippen molar-refractivity contribution in [2.45, 2.75) is 6.42 Å². The fourth-order valence-corrected chi connectivity index (χ4v) is 1.90. The average molecular weight is 192 g/mol. The highest BCUT2D eigenvalue weighted by molar-refractivity contribution is 5.48. The molecule has 0 aliphatic carbocycles. The van der Waals surface area contributed by atoms with Gasteiger partial charge in [-0.05, 0) is 37.2 Å². The molecule has 0 bridgehead atoms. The summed E-state index contributed by atoms with van der Waals surface area (Å²) in [4.78, 5) is 0. The highest BCUT2D eigenvalue weighted by Gasteiger charge is 2.18. The highest BCUT2D eigenvalue weighted by atomic mass is 16.5. The lowest BCUT2D eigenvalue weighted by Gasteiger charge is -2.25. The highest BCUT2D eigenvalue weighted by Crippen LogP contribution is 2.28. The van der Waals surface area contributed by atoms with Gasteiger partial charge in [0.05, 0.1) is 6.61 Å². The molecule has 14 heavy (non-hydrogen) atoms. The predicted octanol–water partition coefficient (Wildman–Crippen LogP) is 1.04. The Balaban J connectivity index is 2.16. The van der Waals surface area contributed by atoms with Crippen molar-refractivity contribution in [1.29, 1.82) is 0 Å². The minimum absolute atomic E-state index is 0.564. The summed E-state index contributed by atoms with van der Waals surface area (Å²) in [6, 6.07) is 5.86. The zero-order valence-corrected chi connectivity index (χ0v) is 8.42. The van der Waals surface area contributed by atoms with Crippen LogP contribution in [0.1, 0.15) is 5.56 Å². The van der Waals surface area contributed by atoms with Crippen molar-refractivity contribution in [3.8, 4) is 5.75 Å². The van der Waals surface area contributed by atoms with E-state index in [2.05, 4.69) is 5.32 Å². The molecule has 3 nitrogen and oxygen atoms in total. The molecular formula is C11H16N2O. The van der Waals surface area contributed by atoms with E-state index in [-0.39, 0.29) is 0 Å². The van der Waals surface area contributed by atoms with Crippen LogP contribution in [-0.2, 0) is 6.42 Å². The number of nitrogens with two attached hydrogens (primary N) is 1. The van der Waals surface area contributed by atoms with Crippen molar-refractivity contribution in [3.63, 3.8) is 0 Å². The maximum atomic E-state index is 5.73. The van der Waals surface area contributed by atoms with Gasteiger partial charge in [-0.3, -0.25) is 0 Å². The standard InChI is InChI=1S/C11H16N2O/c1-13-6-8-4-9-5-10(12)2-3-11(9)14-7-8/h2-3,5,8,13H,4,6-7,12H2,1H3. The van der Waals surface area contributed by atoms with Crippen molar-refractivity contribution < 1.29 is 4.74 Å². The van der Waals surface area contributed by atoms with Gasteiger partial charge < -0.3 is 15.8 Å². The van der Waals surface area contributed by atoms with Gasteiger partial charge in [-0.25, -0.2) is 0 Å². The molecule has 0 fully saturated rings. The first-order valence-electron chi connectivity index (χ1n) is 4.95. The molecule has 76 valence electrons. The second-order valence-corrected chi connectivity index (χ2v) is 3.81. The van der Waals surface area contributed by atoms with Crippen LogP contribution in [0.4, 0.5) is 5.69 Å². The lowest BCUT2D eigenvalue weighted by molar-refractivity contribution is 0.220. The smallest absolute Gasteiger partial charge is 0.122 e.